The number of halogens is 3. The second-order valence-corrected chi connectivity index (χ2v) is 4.89. The molecular formula is C12H15F3. The van der Waals surface area contributed by atoms with E-state index >= 15 is 0 Å². The van der Waals surface area contributed by atoms with Gasteiger partial charge >= 0.3 is 6.18 Å². The molecule has 0 aliphatic heterocycles. The summed E-state index contributed by atoms with van der Waals surface area (Å²) < 4.78 is 37.9. The summed E-state index contributed by atoms with van der Waals surface area (Å²) in [6.45, 7) is 5.79. The van der Waals surface area contributed by atoms with Gasteiger partial charge in [0.25, 0.3) is 0 Å². The summed E-state index contributed by atoms with van der Waals surface area (Å²) in [5.41, 5.74) is -0.279. The van der Waals surface area contributed by atoms with E-state index in [0.29, 0.717) is 12.0 Å². The van der Waals surface area contributed by atoms with Gasteiger partial charge in [-0.05, 0) is 23.5 Å². The van der Waals surface area contributed by atoms with Crippen LogP contribution >= 0.6 is 0 Å². The van der Waals surface area contributed by atoms with Gasteiger partial charge < -0.3 is 0 Å². The number of rotatable bonds is 1. The largest absolute Gasteiger partial charge is 0.416 e. The molecule has 0 saturated heterocycles. The fourth-order valence-corrected chi connectivity index (χ4v) is 1.52. The van der Waals surface area contributed by atoms with Crippen LogP contribution in [-0.4, -0.2) is 0 Å². The maximum absolute atomic E-state index is 12.6. The third-order valence-electron chi connectivity index (χ3n) is 2.04. The summed E-state index contributed by atoms with van der Waals surface area (Å²) in [6, 6.07) is 5.76. The summed E-state index contributed by atoms with van der Waals surface area (Å²) in [4.78, 5) is 0. The first kappa shape index (κ1) is 12.1. The van der Waals surface area contributed by atoms with Crippen LogP contribution in [0.1, 0.15) is 31.9 Å². The standard InChI is InChI=1S/C12H15F3/c1-11(2,3)8-9-6-4-5-7-10(9)12(13,14)15/h4-7H,8H2,1-3H3. The SMILES string of the molecule is CC(C)(C)Cc1ccccc1C(F)(F)F. The lowest BCUT2D eigenvalue weighted by molar-refractivity contribution is -0.138. The molecule has 0 aliphatic carbocycles. The summed E-state index contributed by atoms with van der Waals surface area (Å²) in [6.07, 6.45) is -3.81. The van der Waals surface area contributed by atoms with Crippen LogP contribution in [0.25, 0.3) is 0 Å². The zero-order valence-electron chi connectivity index (χ0n) is 9.15. The van der Waals surface area contributed by atoms with Gasteiger partial charge in [0.15, 0.2) is 0 Å². The molecule has 3 heteroatoms. The molecule has 1 rings (SSSR count). The molecule has 0 fully saturated rings. The summed E-state index contributed by atoms with van der Waals surface area (Å²) in [5, 5.41) is 0. The van der Waals surface area contributed by atoms with Gasteiger partial charge in [-0.3, -0.25) is 0 Å². The molecule has 0 unspecified atom stereocenters. The van der Waals surface area contributed by atoms with Gasteiger partial charge in [-0.1, -0.05) is 39.0 Å². The zero-order chi connectivity index (χ0) is 11.7. The highest BCUT2D eigenvalue weighted by Crippen LogP contribution is 2.34. The monoisotopic (exact) mass is 216 g/mol. The van der Waals surface area contributed by atoms with Crippen molar-refractivity contribution in [2.45, 2.75) is 33.4 Å². The highest BCUT2D eigenvalue weighted by molar-refractivity contribution is 5.30. The zero-order valence-corrected chi connectivity index (χ0v) is 9.15. The van der Waals surface area contributed by atoms with E-state index in [1.54, 1.807) is 12.1 Å². The Kier molecular flexibility index (Phi) is 3.12. The van der Waals surface area contributed by atoms with Crippen LogP contribution in [0.15, 0.2) is 24.3 Å². The Morgan fingerprint density at radius 3 is 2.00 bits per heavy atom. The van der Waals surface area contributed by atoms with Crippen LogP contribution in [0, 0.1) is 5.41 Å². The van der Waals surface area contributed by atoms with Crippen molar-refractivity contribution in [2.24, 2.45) is 5.41 Å². The van der Waals surface area contributed by atoms with Gasteiger partial charge in [0, 0.05) is 0 Å². The van der Waals surface area contributed by atoms with E-state index in [-0.39, 0.29) is 5.41 Å². The first-order chi connectivity index (χ1) is 6.70. The molecule has 0 radical (unpaired) electrons. The molecule has 0 saturated carbocycles. The van der Waals surface area contributed by atoms with E-state index in [1.807, 2.05) is 20.8 Å². The molecule has 1 aromatic rings. The van der Waals surface area contributed by atoms with Gasteiger partial charge in [0.05, 0.1) is 5.56 Å². The smallest absolute Gasteiger partial charge is 0.166 e. The minimum absolute atomic E-state index is 0.138. The maximum Gasteiger partial charge on any atom is 0.416 e. The molecule has 0 amide bonds. The van der Waals surface area contributed by atoms with E-state index in [1.165, 1.54) is 6.07 Å². The minimum atomic E-state index is -4.25. The number of hydrogen-bond donors (Lipinski definition) is 0. The third kappa shape index (κ3) is 3.57. The van der Waals surface area contributed by atoms with E-state index in [2.05, 4.69) is 0 Å². The van der Waals surface area contributed by atoms with Gasteiger partial charge in [0.2, 0.25) is 0 Å². The van der Waals surface area contributed by atoms with E-state index in [9.17, 15) is 13.2 Å². The highest BCUT2D eigenvalue weighted by Gasteiger charge is 2.33. The number of alkyl halides is 3. The summed E-state index contributed by atoms with van der Waals surface area (Å²) in [5.74, 6) is 0. The Hall–Kier alpha value is -0.990. The third-order valence-corrected chi connectivity index (χ3v) is 2.04. The minimum Gasteiger partial charge on any atom is -0.166 e. The van der Waals surface area contributed by atoms with Crippen molar-refractivity contribution >= 4 is 0 Å². The van der Waals surface area contributed by atoms with Crippen molar-refractivity contribution in [1.29, 1.82) is 0 Å². The van der Waals surface area contributed by atoms with E-state index in [0.717, 1.165) is 6.07 Å². The molecule has 15 heavy (non-hydrogen) atoms. The predicted octanol–water partition coefficient (Wildman–Crippen LogP) is 4.29. The molecule has 0 bridgehead atoms. The highest BCUT2D eigenvalue weighted by atomic mass is 19.4. The lowest BCUT2D eigenvalue weighted by Gasteiger charge is -2.21. The molecule has 0 aliphatic rings. The number of benzene rings is 1. The van der Waals surface area contributed by atoms with Crippen LogP contribution in [0.5, 0.6) is 0 Å². The predicted molar refractivity (Wildman–Crippen MR) is 54.6 cm³/mol. The number of hydrogen-bond acceptors (Lipinski definition) is 0. The summed E-state index contributed by atoms with van der Waals surface area (Å²) in [7, 11) is 0. The quantitative estimate of drug-likeness (QED) is 0.656. The Bertz CT molecular complexity index is 331. The average Bonchev–Trinajstić information content (AvgIpc) is 1.99. The molecule has 1 aromatic carbocycles. The van der Waals surface area contributed by atoms with Gasteiger partial charge in [-0.2, -0.15) is 13.2 Å². The van der Waals surface area contributed by atoms with E-state index < -0.39 is 11.7 Å². The Morgan fingerprint density at radius 1 is 1.00 bits per heavy atom. The lowest BCUT2D eigenvalue weighted by atomic mass is 9.86. The molecule has 0 aromatic heterocycles. The van der Waals surface area contributed by atoms with Crippen molar-refractivity contribution in [3.63, 3.8) is 0 Å². The molecule has 0 spiro atoms. The first-order valence-corrected chi connectivity index (χ1v) is 4.85. The normalized spacial score (nSPS) is 12.9. The molecule has 0 heterocycles. The van der Waals surface area contributed by atoms with Crippen molar-refractivity contribution in [2.75, 3.05) is 0 Å². The Labute approximate surface area is 88.1 Å². The molecule has 0 nitrogen and oxygen atoms in total. The van der Waals surface area contributed by atoms with Crippen molar-refractivity contribution in [3.8, 4) is 0 Å². The topological polar surface area (TPSA) is 0 Å². The van der Waals surface area contributed by atoms with Crippen LogP contribution in [-0.2, 0) is 12.6 Å². The summed E-state index contributed by atoms with van der Waals surface area (Å²) >= 11 is 0. The first-order valence-electron chi connectivity index (χ1n) is 4.85. The van der Waals surface area contributed by atoms with Crippen molar-refractivity contribution in [3.05, 3.63) is 35.4 Å². The lowest BCUT2D eigenvalue weighted by Crippen LogP contribution is -2.15. The second kappa shape index (κ2) is 3.87. The molecule has 0 atom stereocenters. The van der Waals surface area contributed by atoms with E-state index in [4.69, 9.17) is 0 Å². The van der Waals surface area contributed by atoms with Crippen molar-refractivity contribution in [1.82, 2.24) is 0 Å². The van der Waals surface area contributed by atoms with Crippen molar-refractivity contribution < 1.29 is 13.2 Å². The van der Waals surface area contributed by atoms with Gasteiger partial charge in [0.1, 0.15) is 0 Å². The Balaban J connectivity index is 3.08. The van der Waals surface area contributed by atoms with Gasteiger partial charge in [-0.15, -0.1) is 0 Å². The van der Waals surface area contributed by atoms with Crippen LogP contribution < -0.4 is 0 Å². The molecule has 0 N–H and O–H groups in total. The van der Waals surface area contributed by atoms with Crippen LogP contribution in [0.2, 0.25) is 0 Å². The van der Waals surface area contributed by atoms with Gasteiger partial charge in [-0.25, -0.2) is 0 Å². The molecular weight excluding hydrogens is 201 g/mol. The second-order valence-electron chi connectivity index (χ2n) is 4.89. The fraction of sp³-hybridized carbons (Fsp3) is 0.500. The Morgan fingerprint density at radius 2 is 1.53 bits per heavy atom. The fourth-order valence-electron chi connectivity index (χ4n) is 1.52. The average molecular weight is 216 g/mol. The molecule has 84 valence electrons. The van der Waals surface area contributed by atoms with Crippen LogP contribution in [0.4, 0.5) is 13.2 Å². The maximum atomic E-state index is 12.6. The van der Waals surface area contributed by atoms with Crippen LogP contribution in [0.3, 0.4) is 0 Å².